The fourth-order valence-corrected chi connectivity index (χ4v) is 2.21. The first-order valence-electron chi connectivity index (χ1n) is 6.95. The number of aromatic nitrogens is 1. The normalized spacial score (nSPS) is 14.0. The van der Waals surface area contributed by atoms with Gasteiger partial charge in [0.1, 0.15) is 0 Å². The molecule has 2 rings (SSSR count). The summed E-state index contributed by atoms with van der Waals surface area (Å²) in [6.07, 6.45) is 4.89. The summed E-state index contributed by atoms with van der Waals surface area (Å²) in [7, 11) is 0. The molecule has 0 saturated heterocycles. The molecular formula is C17H22N2. The Kier molecular flexibility index (Phi) is 5.10. The van der Waals surface area contributed by atoms with Gasteiger partial charge in [0.15, 0.2) is 0 Å². The van der Waals surface area contributed by atoms with E-state index in [0.717, 1.165) is 13.0 Å². The fraction of sp³-hybridized carbons (Fsp3) is 0.353. The molecule has 0 amide bonds. The first-order chi connectivity index (χ1) is 9.27. The quantitative estimate of drug-likeness (QED) is 0.845. The lowest BCUT2D eigenvalue weighted by Gasteiger charge is -2.16. The Morgan fingerprint density at radius 3 is 2.42 bits per heavy atom. The average Bonchev–Trinajstić information content (AvgIpc) is 2.49. The van der Waals surface area contributed by atoms with E-state index in [9.17, 15) is 0 Å². The predicted molar refractivity (Wildman–Crippen MR) is 80.1 cm³/mol. The van der Waals surface area contributed by atoms with Crippen LogP contribution in [0, 0.1) is 0 Å². The summed E-state index contributed by atoms with van der Waals surface area (Å²) in [6.45, 7) is 5.49. The van der Waals surface area contributed by atoms with E-state index in [0.29, 0.717) is 12.0 Å². The topological polar surface area (TPSA) is 24.9 Å². The Labute approximate surface area is 115 Å². The van der Waals surface area contributed by atoms with Gasteiger partial charge in [0.25, 0.3) is 0 Å². The lowest BCUT2D eigenvalue weighted by Crippen LogP contribution is -2.21. The summed E-state index contributed by atoms with van der Waals surface area (Å²) in [5.41, 5.74) is 2.66. The van der Waals surface area contributed by atoms with Crippen molar-refractivity contribution in [2.45, 2.75) is 32.2 Å². The molecule has 0 spiro atoms. The van der Waals surface area contributed by atoms with E-state index >= 15 is 0 Å². The number of hydrogen-bond acceptors (Lipinski definition) is 2. The molecule has 0 aliphatic heterocycles. The zero-order chi connectivity index (χ0) is 13.5. The Hall–Kier alpha value is -1.67. The molecule has 0 fully saturated rings. The van der Waals surface area contributed by atoms with E-state index in [-0.39, 0.29) is 0 Å². The summed E-state index contributed by atoms with van der Waals surface area (Å²) in [6, 6.07) is 15.2. The van der Waals surface area contributed by atoms with Crippen molar-refractivity contribution in [1.82, 2.24) is 10.3 Å². The van der Waals surface area contributed by atoms with E-state index in [2.05, 4.69) is 60.5 Å². The Morgan fingerprint density at radius 1 is 1.00 bits per heavy atom. The second-order valence-corrected chi connectivity index (χ2v) is 5.06. The molecule has 1 unspecified atom stereocenters. The number of rotatable bonds is 6. The Morgan fingerprint density at radius 2 is 1.74 bits per heavy atom. The van der Waals surface area contributed by atoms with Crippen molar-refractivity contribution in [1.29, 1.82) is 0 Å². The van der Waals surface area contributed by atoms with E-state index in [4.69, 9.17) is 0 Å². The molecular weight excluding hydrogens is 232 g/mol. The van der Waals surface area contributed by atoms with Crippen LogP contribution in [0.5, 0.6) is 0 Å². The van der Waals surface area contributed by atoms with Crippen molar-refractivity contribution in [3.63, 3.8) is 0 Å². The van der Waals surface area contributed by atoms with Crippen LogP contribution in [0.15, 0.2) is 54.9 Å². The summed E-state index contributed by atoms with van der Waals surface area (Å²) >= 11 is 0. The number of nitrogens with zero attached hydrogens (tertiary/aromatic N) is 1. The lowest BCUT2D eigenvalue weighted by atomic mass is 9.98. The van der Waals surface area contributed by atoms with Gasteiger partial charge in [0.05, 0.1) is 0 Å². The molecule has 2 heteroatoms. The van der Waals surface area contributed by atoms with Gasteiger partial charge in [-0.3, -0.25) is 4.98 Å². The lowest BCUT2D eigenvalue weighted by molar-refractivity contribution is 0.530. The van der Waals surface area contributed by atoms with Crippen LogP contribution < -0.4 is 5.32 Å². The smallest absolute Gasteiger partial charge is 0.0315 e. The van der Waals surface area contributed by atoms with Crippen LogP contribution in [-0.4, -0.2) is 11.5 Å². The van der Waals surface area contributed by atoms with Gasteiger partial charge in [0.2, 0.25) is 0 Å². The fourth-order valence-electron chi connectivity index (χ4n) is 2.21. The highest BCUT2D eigenvalue weighted by Crippen LogP contribution is 2.18. The van der Waals surface area contributed by atoms with Crippen LogP contribution in [0.25, 0.3) is 0 Å². The zero-order valence-electron chi connectivity index (χ0n) is 11.7. The molecule has 0 aliphatic rings. The third-order valence-corrected chi connectivity index (χ3v) is 3.58. The van der Waals surface area contributed by atoms with Gasteiger partial charge in [-0.25, -0.2) is 0 Å². The molecule has 0 aliphatic carbocycles. The summed E-state index contributed by atoms with van der Waals surface area (Å²) in [5.74, 6) is 0.592. The van der Waals surface area contributed by atoms with Crippen molar-refractivity contribution in [3.05, 3.63) is 66.0 Å². The molecule has 100 valence electrons. The van der Waals surface area contributed by atoms with Gasteiger partial charge in [0, 0.05) is 18.4 Å². The van der Waals surface area contributed by atoms with Crippen molar-refractivity contribution in [3.8, 4) is 0 Å². The van der Waals surface area contributed by atoms with Crippen LogP contribution in [0.2, 0.25) is 0 Å². The standard InChI is InChI=1S/C17H22N2/c1-14(16-7-4-3-5-8-16)10-12-19-15(2)17-9-6-11-18-13-17/h3-9,11,13-15,19H,10,12H2,1-2H3/t14?,15-/m1/s1. The highest BCUT2D eigenvalue weighted by Gasteiger charge is 2.07. The monoisotopic (exact) mass is 254 g/mol. The first-order valence-corrected chi connectivity index (χ1v) is 6.95. The maximum atomic E-state index is 4.16. The second-order valence-electron chi connectivity index (χ2n) is 5.06. The third-order valence-electron chi connectivity index (χ3n) is 3.58. The SMILES string of the molecule is CC(CCN[C@H](C)c1cccnc1)c1ccccc1. The molecule has 2 aromatic rings. The number of benzene rings is 1. The minimum absolute atomic E-state index is 0.358. The van der Waals surface area contributed by atoms with E-state index in [1.165, 1.54) is 11.1 Å². The minimum Gasteiger partial charge on any atom is -0.310 e. The molecule has 2 nitrogen and oxygen atoms in total. The second kappa shape index (κ2) is 7.05. The highest BCUT2D eigenvalue weighted by atomic mass is 14.9. The van der Waals surface area contributed by atoms with Crippen LogP contribution in [0.4, 0.5) is 0 Å². The number of nitrogens with one attached hydrogen (secondary N) is 1. The van der Waals surface area contributed by atoms with Crippen LogP contribution >= 0.6 is 0 Å². The van der Waals surface area contributed by atoms with Gasteiger partial charge < -0.3 is 5.32 Å². The predicted octanol–water partition coefficient (Wildman–Crippen LogP) is 3.93. The van der Waals surface area contributed by atoms with Crippen LogP contribution in [0.1, 0.15) is 43.4 Å². The average molecular weight is 254 g/mol. The number of hydrogen-bond donors (Lipinski definition) is 1. The van der Waals surface area contributed by atoms with Crippen molar-refractivity contribution in [2.24, 2.45) is 0 Å². The minimum atomic E-state index is 0.358. The Balaban J connectivity index is 1.78. The van der Waals surface area contributed by atoms with E-state index in [1.54, 1.807) is 0 Å². The number of pyridine rings is 1. The largest absolute Gasteiger partial charge is 0.310 e. The molecule has 0 saturated carbocycles. The summed E-state index contributed by atoms with van der Waals surface area (Å²) in [4.78, 5) is 4.16. The van der Waals surface area contributed by atoms with Crippen LogP contribution in [-0.2, 0) is 0 Å². The Bertz CT molecular complexity index is 422. The molecule has 1 heterocycles. The summed E-state index contributed by atoms with van der Waals surface area (Å²) in [5, 5.41) is 3.56. The zero-order valence-corrected chi connectivity index (χ0v) is 11.7. The maximum absolute atomic E-state index is 4.16. The molecule has 1 N–H and O–H groups in total. The highest BCUT2D eigenvalue weighted by molar-refractivity contribution is 5.18. The van der Waals surface area contributed by atoms with Gasteiger partial charge in [-0.2, -0.15) is 0 Å². The third kappa shape index (κ3) is 4.18. The summed E-state index contributed by atoms with van der Waals surface area (Å²) < 4.78 is 0. The molecule has 0 radical (unpaired) electrons. The van der Waals surface area contributed by atoms with Crippen molar-refractivity contribution in [2.75, 3.05) is 6.54 Å². The molecule has 2 atom stereocenters. The van der Waals surface area contributed by atoms with Gasteiger partial charge in [-0.05, 0) is 43.0 Å². The maximum Gasteiger partial charge on any atom is 0.0315 e. The van der Waals surface area contributed by atoms with Gasteiger partial charge in [-0.1, -0.05) is 43.3 Å². The molecule has 0 bridgehead atoms. The molecule has 1 aromatic heterocycles. The van der Waals surface area contributed by atoms with Gasteiger partial charge in [-0.15, -0.1) is 0 Å². The molecule has 19 heavy (non-hydrogen) atoms. The molecule has 1 aromatic carbocycles. The van der Waals surface area contributed by atoms with E-state index < -0.39 is 0 Å². The van der Waals surface area contributed by atoms with Crippen LogP contribution in [0.3, 0.4) is 0 Å². The van der Waals surface area contributed by atoms with Crippen molar-refractivity contribution < 1.29 is 0 Å². The van der Waals surface area contributed by atoms with Crippen molar-refractivity contribution >= 4 is 0 Å². The van der Waals surface area contributed by atoms with Gasteiger partial charge >= 0.3 is 0 Å². The first kappa shape index (κ1) is 13.8. The van der Waals surface area contributed by atoms with E-state index in [1.807, 2.05) is 18.5 Å².